The summed E-state index contributed by atoms with van der Waals surface area (Å²) in [6.07, 6.45) is 1.89. The van der Waals surface area contributed by atoms with Gasteiger partial charge in [-0.25, -0.2) is 0 Å². The van der Waals surface area contributed by atoms with Gasteiger partial charge in [0.2, 0.25) is 0 Å². The van der Waals surface area contributed by atoms with Crippen LogP contribution in [0.25, 0.3) is 0 Å². The first kappa shape index (κ1) is 11.7. The molecule has 0 aromatic heterocycles. The van der Waals surface area contributed by atoms with E-state index in [4.69, 9.17) is 4.74 Å². The van der Waals surface area contributed by atoms with Gasteiger partial charge in [0.15, 0.2) is 0 Å². The van der Waals surface area contributed by atoms with E-state index in [1.165, 1.54) is 0 Å². The van der Waals surface area contributed by atoms with E-state index in [0.29, 0.717) is 0 Å². The van der Waals surface area contributed by atoms with Crippen LogP contribution < -0.4 is 5.32 Å². The molecule has 0 amide bonds. The van der Waals surface area contributed by atoms with Gasteiger partial charge in [0.05, 0.1) is 12.2 Å². The van der Waals surface area contributed by atoms with Gasteiger partial charge in [0, 0.05) is 32.7 Å². The van der Waals surface area contributed by atoms with Gasteiger partial charge >= 0.3 is 0 Å². The second kappa shape index (κ2) is 5.49. The summed E-state index contributed by atoms with van der Waals surface area (Å²) in [6.45, 7) is 13.9. The third kappa shape index (κ3) is 4.22. The molecule has 1 aliphatic rings. The number of rotatable bonds is 5. The molecule has 0 bridgehead atoms. The Bertz CT molecular complexity index is 180. The third-order valence-electron chi connectivity index (χ3n) is 2.40. The van der Waals surface area contributed by atoms with Crippen LogP contribution in [0.1, 0.15) is 13.8 Å². The molecule has 3 nitrogen and oxygen atoms in total. The minimum Gasteiger partial charge on any atom is -0.373 e. The van der Waals surface area contributed by atoms with E-state index in [0.717, 1.165) is 39.3 Å². The van der Waals surface area contributed by atoms with E-state index in [-0.39, 0.29) is 5.60 Å². The molecule has 82 valence electrons. The number of ether oxygens (including phenoxy) is 1. The molecule has 0 unspecified atom stereocenters. The normalized spacial score (nSPS) is 22.1. The fourth-order valence-electron chi connectivity index (χ4n) is 1.75. The maximum absolute atomic E-state index is 5.64. The van der Waals surface area contributed by atoms with Crippen LogP contribution in [0.15, 0.2) is 12.7 Å². The van der Waals surface area contributed by atoms with Gasteiger partial charge in [0.1, 0.15) is 0 Å². The molecule has 0 aromatic rings. The van der Waals surface area contributed by atoms with E-state index < -0.39 is 0 Å². The molecule has 1 aliphatic heterocycles. The average Bonchev–Trinajstić information content (AvgIpc) is 2.11. The summed E-state index contributed by atoms with van der Waals surface area (Å²) in [5.41, 5.74) is 0.0245. The number of nitrogens with one attached hydrogen (secondary N) is 1. The lowest BCUT2D eigenvalue weighted by Gasteiger charge is -2.38. The zero-order valence-electron chi connectivity index (χ0n) is 9.38. The molecule has 0 aliphatic carbocycles. The molecule has 14 heavy (non-hydrogen) atoms. The molecule has 0 atom stereocenters. The topological polar surface area (TPSA) is 24.5 Å². The second-order valence-electron chi connectivity index (χ2n) is 4.38. The lowest BCUT2D eigenvalue weighted by Crippen LogP contribution is -2.49. The highest BCUT2D eigenvalue weighted by atomic mass is 16.5. The molecule has 1 heterocycles. The SMILES string of the molecule is C=CCNCCN1CCOC(C)(C)C1. The maximum atomic E-state index is 5.64. The van der Waals surface area contributed by atoms with Crippen LogP contribution in [0.4, 0.5) is 0 Å². The summed E-state index contributed by atoms with van der Waals surface area (Å²) in [5.74, 6) is 0. The van der Waals surface area contributed by atoms with Gasteiger partial charge in [0.25, 0.3) is 0 Å². The highest BCUT2D eigenvalue weighted by Gasteiger charge is 2.26. The van der Waals surface area contributed by atoms with Crippen molar-refractivity contribution in [2.24, 2.45) is 0 Å². The molecular weight excluding hydrogens is 176 g/mol. The Morgan fingerprint density at radius 2 is 2.36 bits per heavy atom. The Balaban J connectivity index is 2.14. The standard InChI is InChI=1S/C11H22N2O/c1-4-5-12-6-7-13-8-9-14-11(2,3)10-13/h4,12H,1,5-10H2,2-3H3. The van der Waals surface area contributed by atoms with Crippen molar-refractivity contribution in [3.63, 3.8) is 0 Å². The van der Waals surface area contributed by atoms with Crippen LogP contribution in [-0.4, -0.2) is 49.8 Å². The second-order valence-corrected chi connectivity index (χ2v) is 4.38. The predicted octanol–water partition coefficient (Wildman–Crippen LogP) is 0.873. The highest BCUT2D eigenvalue weighted by molar-refractivity contribution is 4.79. The number of nitrogens with zero attached hydrogens (tertiary/aromatic N) is 1. The Labute approximate surface area is 87.1 Å². The maximum Gasteiger partial charge on any atom is 0.0753 e. The largest absolute Gasteiger partial charge is 0.373 e. The minimum absolute atomic E-state index is 0.0245. The van der Waals surface area contributed by atoms with E-state index in [9.17, 15) is 0 Å². The Morgan fingerprint density at radius 1 is 1.57 bits per heavy atom. The molecule has 1 N–H and O–H groups in total. The summed E-state index contributed by atoms with van der Waals surface area (Å²) in [4.78, 5) is 2.44. The number of hydrogen-bond acceptors (Lipinski definition) is 3. The molecule has 0 radical (unpaired) electrons. The van der Waals surface area contributed by atoms with Crippen LogP contribution in [0.3, 0.4) is 0 Å². The average molecular weight is 198 g/mol. The van der Waals surface area contributed by atoms with E-state index in [2.05, 4.69) is 30.6 Å². The van der Waals surface area contributed by atoms with Crippen molar-refractivity contribution in [2.75, 3.05) is 39.3 Å². The van der Waals surface area contributed by atoms with Crippen LogP contribution in [0.2, 0.25) is 0 Å². The van der Waals surface area contributed by atoms with E-state index in [1.807, 2.05) is 6.08 Å². The number of hydrogen-bond donors (Lipinski definition) is 1. The van der Waals surface area contributed by atoms with E-state index in [1.54, 1.807) is 0 Å². The minimum atomic E-state index is 0.0245. The number of morpholine rings is 1. The summed E-state index contributed by atoms with van der Waals surface area (Å²) in [5, 5.41) is 3.31. The highest BCUT2D eigenvalue weighted by Crippen LogP contribution is 2.15. The van der Waals surface area contributed by atoms with Crippen molar-refractivity contribution in [2.45, 2.75) is 19.4 Å². The van der Waals surface area contributed by atoms with Gasteiger partial charge in [-0.3, -0.25) is 4.90 Å². The summed E-state index contributed by atoms with van der Waals surface area (Å²) < 4.78 is 5.64. The first-order chi connectivity index (χ1) is 6.64. The monoisotopic (exact) mass is 198 g/mol. The molecule has 1 rings (SSSR count). The van der Waals surface area contributed by atoms with Crippen molar-refractivity contribution in [3.05, 3.63) is 12.7 Å². The molecule has 1 fully saturated rings. The van der Waals surface area contributed by atoms with Crippen molar-refractivity contribution in [1.82, 2.24) is 10.2 Å². The lowest BCUT2D eigenvalue weighted by molar-refractivity contribution is -0.0853. The fraction of sp³-hybridized carbons (Fsp3) is 0.818. The van der Waals surface area contributed by atoms with Gasteiger partial charge in [-0.05, 0) is 13.8 Å². The smallest absolute Gasteiger partial charge is 0.0753 e. The van der Waals surface area contributed by atoms with Crippen molar-refractivity contribution in [1.29, 1.82) is 0 Å². The van der Waals surface area contributed by atoms with Crippen LogP contribution in [0, 0.1) is 0 Å². The Kier molecular flexibility index (Phi) is 4.58. The van der Waals surface area contributed by atoms with Gasteiger partial charge in [-0.2, -0.15) is 0 Å². The third-order valence-corrected chi connectivity index (χ3v) is 2.40. The first-order valence-corrected chi connectivity index (χ1v) is 5.32. The molecule has 0 saturated carbocycles. The van der Waals surface area contributed by atoms with Gasteiger partial charge in [-0.15, -0.1) is 6.58 Å². The predicted molar refractivity (Wildman–Crippen MR) is 59.5 cm³/mol. The Hall–Kier alpha value is -0.380. The molecule has 1 saturated heterocycles. The van der Waals surface area contributed by atoms with Crippen molar-refractivity contribution < 1.29 is 4.74 Å². The van der Waals surface area contributed by atoms with Crippen LogP contribution >= 0.6 is 0 Å². The molecule has 0 spiro atoms. The van der Waals surface area contributed by atoms with Crippen LogP contribution in [-0.2, 0) is 4.74 Å². The quantitative estimate of drug-likeness (QED) is 0.524. The molecule has 3 heteroatoms. The first-order valence-electron chi connectivity index (χ1n) is 5.32. The summed E-state index contributed by atoms with van der Waals surface area (Å²) in [7, 11) is 0. The Morgan fingerprint density at radius 3 is 3.00 bits per heavy atom. The van der Waals surface area contributed by atoms with Crippen molar-refractivity contribution >= 4 is 0 Å². The fourth-order valence-corrected chi connectivity index (χ4v) is 1.75. The molecular formula is C11H22N2O. The summed E-state index contributed by atoms with van der Waals surface area (Å²) >= 11 is 0. The molecule has 0 aromatic carbocycles. The lowest BCUT2D eigenvalue weighted by atomic mass is 10.1. The van der Waals surface area contributed by atoms with Crippen molar-refractivity contribution in [3.8, 4) is 0 Å². The zero-order valence-corrected chi connectivity index (χ0v) is 9.38. The van der Waals surface area contributed by atoms with Crippen LogP contribution in [0.5, 0.6) is 0 Å². The van der Waals surface area contributed by atoms with Gasteiger partial charge in [-0.1, -0.05) is 6.08 Å². The summed E-state index contributed by atoms with van der Waals surface area (Å²) in [6, 6.07) is 0. The van der Waals surface area contributed by atoms with E-state index >= 15 is 0 Å². The van der Waals surface area contributed by atoms with Gasteiger partial charge < -0.3 is 10.1 Å². The zero-order chi connectivity index (χ0) is 10.4.